The van der Waals surface area contributed by atoms with Gasteiger partial charge in [-0.2, -0.15) is 0 Å². The van der Waals surface area contributed by atoms with E-state index in [1.54, 1.807) is 0 Å². The number of benzene rings is 4. The van der Waals surface area contributed by atoms with E-state index in [1.807, 2.05) is 11.8 Å². The van der Waals surface area contributed by atoms with Gasteiger partial charge in [0, 0.05) is 32.5 Å². The molecular formula is C28H19NS. The lowest BCUT2D eigenvalue weighted by atomic mass is 9.91. The van der Waals surface area contributed by atoms with Gasteiger partial charge in [-0.25, -0.2) is 0 Å². The predicted octanol–water partition coefficient (Wildman–Crippen LogP) is 7.62. The molecule has 5 aromatic rings. The minimum Gasteiger partial charge on any atom is -0.310 e. The summed E-state index contributed by atoms with van der Waals surface area (Å²) in [4.78, 5) is 1.42. The first-order valence-electron chi connectivity index (χ1n) is 10.4. The van der Waals surface area contributed by atoms with Crippen LogP contribution in [0.15, 0.2) is 108 Å². The molecule has 142 valence electrons. The topological polar surface area (TPSA) is 4.93 Å². The van der Waals surface area contributed by atoms with E-state index in [9.17, 15) is 0 Å². The number of fused-ring (bicyclic) bond motifs is 7. The van der Waals surface area contributed by atoms with E-state index in [0.29, 0.717) is 11.2 Å². The summed E-state index contributed by atoms with van der Waals surface area (Å²) in [5.74, 6) is 0.433. The highest BCUT2D eigenvalue weighted by molar-refractivity contribution is 8.00. The van der Waals surface area contributed by atoms with Gasteiger partial charge in [-0.15, -0.1) is 11.8 Å². The zero-order chi connectivity index (χ0) is 19.7. The lowest BCUT2D eigenvalue weighted by Gasteiger charge is -2.21. The third-order valence-corrected chi connectivity index (χ3v) is 7.85. The molecular weight excluding hydrogens is 382 g/mol. The van der Waals surface area contributed by atoms with Crippen LogP contribution < -0.4 is 0 Å². The van der Waals surface area contributed by atoms with Crippen molar-refractivity contribution in [3.8, 4) is 0 Å². The molecule has 0 saturated carbocycles. The Balaban J connectivity index is 1.52. The smallest absolute Gasteiger partial charge is 0.0547 e. The number of aromatic nitrogens is 1. The molecule has 2 heterocycles. The monoisotopic (exact) mass is 401 g/mol. The average Bonchev–Trinajstić information content (AvgIpc) is 3.32. The standard InChI is InChI=1S/C28H19NS/c1-2-8-19-16-26-23(15-18(19)7-1)21-9-3-5-11-25(21)29(26)20-13-14-28-24(17-20)22-10-4-6-12-27(22)30-28/h1-17,24,28H. The van der Waals surface area contributed by atoms with Crippen LogP contribution in [0.25, 0.3) is 38.3 Å². The zero-order valence-electron chi connectivity index (χ0n) is 16.3. The fourth-order valence-electron chi connectivity index (χ4n) is 5.12. The summed E-state index contributed by atoms with van der Waals surface area (Å²) < 4.78 is 2.45. The van der Waals surface area contributed by atoms with Crippen LogP contribution in [0.5, 0.6) is 0 Å². The second-order valence-electron chi connectivity index (χ2n) is 8.17. The molecule has 0 radical (unpaired) electrons. The normalized spacial score (nSPS) is 19.9. The van der Waals surface area contributed by atoms with E-state index in [1.165, 1.54) is 48.7 Å². The van der Waals surface area contributed by atoms with Crippen molar-refractivity contribution in [2.75, 3.05) is 0 Å². The molecule has 4 aromatic carbocycles. The van der Waals surface area contributed by atoms with Crippen molar-refractivity contribution in [1.82, 2.24) is 4.57 Å². The second kappa shape index (κ2) is 6.13. The van der Waals surface area contributed by atoms with Gasteiger partial charge in [0.05, 0.1) is 11.0 Å². The van der Waals surface area contributed by atoms with Crippen molar-refractivity contribution in [1.29, 1.82) is 0 Å². The number of hydrogen-bond acceptors (Lipinski definition) is 1. The van der Waals surface area contributed by atoms with Crippen LogP contribution in [-0.2, 0) is 0 Å². The summed E-state index contributed by atoms with van der Waals surface area (Å²) in [5, 5.41) is 5.72. The molecule has 1 nitrogen and oxygen atoms in total. The van der Waals surface area contributed by atoms with Gasteiger partial charge >= 0.3 is 0 Å². The van der Waals surface area contributed by atoms with Gasteiger partial charge in [0.2, 0.25) is 0 Å². The molecule has 0 spiro atoms. The Morgan fingerprint density at radius 3 is 2.40 bits per heavy atom. The summed E-state index contributed by atoms with van der Waals surface area (Å²) in [6.07, 6.45) is 7.19. The van der Waals surface area contributed by atoms with Crippen LogP contribution in [0.2, 0.25) is 0 Å². The predicted molar refractivity (Wildman–Crippen MR) is 129 cm³/mol. The number of rotatable bonds is 1. The number of allylic oxidation sites excluding steroid dienone is 3. The molecule has 1 aliphatic heterocycles. The van der Waals surface area contributed by atoms with Crippen molar-refractivity contribution in [2.45, 2.75) is 16.1 Å². The Morgan fingerprint density at radius 2 is 1.47 bits per heavy atom. The van der Waals surface area contributed by atoms with E-state index in [2.05, 4.69) is 108 Å². The maximum Gasteiger partial charge on any atom is 0.0547 e. The maximum absolute atomic E-state index is 2.48. The van der Waals surface area contributed by atoms with E-state index in [4.69, 9.17) is 0 Å². The Kier molecular flexibility index (Phi) is 3.38. The van der Waals surface area contributed by atoms with E-state index < -0.39 is 0 Å². The van der Waals surface area contributed by atoms with Gasteiger partial charge in [-0.1, -0.05) is 72.8 Å². The molecule has 2 aliphatic rings. The van der Waals surface area contributed by atoms with E-state index in [0.717, 1.165) is 0 Å². The van der Waals surface area contributed by atoms with Crippen molar-refractivity contribution in [2.24, 2.45) is 0 Å². The molecule has 0 fully saturated rings. The van der Waals surface area contributed by atoms with Crippen molar-refractivity contribution >= 4 is 50.0 Å². The van der Waals surface area contributed by atoms with Crippen LogP contribution in [0.4, 0.5) is 0 Å². The summed E-state index contributed by atoms with van der Waals surface area (Å²) >= 11 is 1.99. The summed E-state index contributed by atoms with van der Waals surface area (Å²) in [7, 11) is 0. The maximum atomic E-state index is 2.48. The highest BCUT2D eigenvalue weighted by Crippen LogP contribution is 2.49. The molecule has 7 rings (SSSR count). The molecule has 30 heavy (non-hydrogen) atoms. The Bertz CT molecular complexity index is 1530. The molecule has 2 atom stereocenters. The van der Waals surface area contributed by atoms with Crippen LogP contribution in [0.3, 0.4) is 0 Å². The lowest BCUT2D eigenvalue weighted by molar-refractivity contribution is 0.876. The highest BCUT2D eigenvalue weighted by Gasteiger charge is 2.32. The molecule has 2 unspecified atom stereocenters. The number of thioether (sulfide) groups is 1. The molecule has 2 heteroatoms. The molecule has 0 amide bonds. The quantitative estimate of drug-likeness (QED) is 0.280. The first-order chi connectivity index (χ1) is 14.9. The van der Waals surface area contributed by atoms with Gasteiger partial charge in [-0.3, -0.25) is 0 Å². The van der Waals surface area contributed by atoms with Gasteiger partial charge in [0.15, 0.2) is 0 Å². The second-order valence-corrected chi connectivity index (χ2v) is 9.39. The summed E-state index contributed by atoms with van der Waals surface area (Å²) in [5.41, 5.74) is 5.29. The summed E-state index contributed by atoms with van der Waals surface area (Å²) in [6.45, 7) is 0. The fourth-order valence-corrected chi connectivity index (χ4v) is 6.44. The first kappa shape index (κ1) is 16.6. The minimum absolute atomic E-state index is 0.433. The minimum atomic E-state index is 0.433. The van der Waals surface area contributed by atoms with Gasteiger partial charge < -0.3 is 4.57 Å². The van der Waals surface area contributed by atoms with E-state index >= 15 is 0 Å². The largest absolute Gasteiger partial charge is 0.310 e. The number of nitrogens with zero attached hydrogens (tertiary/aromatic N) is 1. The van der Waals surface area contributed by atoms with E-state index in [-0.39, 0.29) is 0 Å². The SMILES string of the molecule is C1=CC2Sc3ccccc3C2C=C1n1c2ccccc2c2cc3ccccc3cc21. The van der Waals surface area contributed by atoms with Crippen molar-refractivity contribution in [3.05, 3.63) is 109 Å². The molecule has 1 aromatic heterocycles. The third kappa shape index (κ3) is 2.26. The first-order valence-corrected chi connectivity index (χ1v) is 11.3. The molecule has 0 saturated heterocycles. The summed E-state index contributed by atoms with van der Waals surface area (Å²) in [6, 6.07) is 31.0. The molecule has 0 N–H and O–H groups in total. The van der Waals surface area contributed by atoms with Gasteiger partial charge in [0.1, 0.15) is 0 Å². The van der Waals surface area contributed by atoms with Crippen molar-refractivity contribution in [3.63, 3.8) is 0 Å². The van der Waals surface area contributed by atoms with Crippen LogP contribution in [0.1, 0.15) is 11.5 Å². The molecule has 0 bridgehead atoms. The lowest BCUT2D eigenvalue weighted by Crippen LogP contribution is -2.11. The Morgan fingerprint density at radius 1 is 0.700 bits per heavy atom. The Hall–Kier alpha value is -3.23. The van der Waals surface area contributed by atoms with Crippen LogP contribution in [0, 0.1) is 0 Å². The third-order valence-electron chi connectivity index (χ3n) is 6.50. The van der Waals surface area contributed by atoms with Crippen LogP contribution in [-0.4, -0.2) is 9.82 Å². The highest BCUT2D eigenvalue weighted by atomic mass is 32.2. The van der Waals surface area contributed by atoms with Crippen molar-refractivity contribution < 1.29 is 0 Å². The van der Waals surface area contributed by atoms with Gasteiger partial charge in [0.25, 0.3) is 0 Å². The zero-order valence-corrected chi connectivity index (χ0v) is 17.1. The number of para-hydroxylation sites is 1. The molecule has 1 aliphatic carbocycles. The van der Waals surface area contributed by atoms with Gasteiger partial charge in [-0.05, 0) is 46.7 Å². The average molecular weight is 402 g/mol. The fraction of sp³-hybridized carbons (Fsp3) is 0.0714. The Labute approximate surface area is 179 Å². The van der Waals surface area contributed by atoms with Crippen LogP contribution >= 0.6 is 11.8 Å². The number of hydrogen-bond donors (Lipinski definition) is 0.